The summed E-state index contributed by atoms with van der Waals surface area (Å²) in [5.74, 6) is 0.526. The van der Waals surface area contributed by atoms with Gasteiger partial charge in [0.2, 0.25) is 5.88 Å². The van der Waals surface area contributed by atoms with Gasteiger partial charge in [-0.2, -0.15) is 4.98 Å². The van der Waals surface area contributed by atoms with Gasteiger partial charge in [0.05, 0.1) is 27.2 Å². The molecule has 0 radical (unpaired) electrons. The maximum atomic E-state index is 12.3. The van der Waals surface area contributed by atoms with Crippen LogP contribution in [0.2, 0.25) is 0 Å². The number of para-hydroxylation sites is 2. The summed E-state index contributed by atoms with van der Waals surface area (Å²) in [6, 6.07) is 23.9. The molecule has 11 heteroatoms. The molecule has 4 atom stereocenters. The highest BCUT2D eigenvalue weighted by Gasteiger charge is 2.70. The Hall–Kier alpha value is -4.55. The molecule has 1 fully saturated rings. The first-order chi connectivity index (χ1) is 20.4. The zero-order valence-corrected chi connectivity index (χ0v) is 22.9. The van der Waals surface area contributed by atoms with Gasteiger partial charge in [0.25, 0.3) is 0 Å². The lowest BCUT2D eigenvalue weighted by molar-refractivity contribution is -0.176. The maximum Gasteiger partial charge on any atom is 0.242 e. The molecule has 2 aromatic heterocycles. The molecule has 0 spiro atoms. The lowest BCUT2D eigenvalue weighted by Gasteiger charge is -2.51. The Balaban J connectivity index is 1.90. The Morgan fingerprint density at radius 3 is 2.02 bits per heavy atom. The largest absolute Gasteiger partial charge is 0.496 e. The Morgan fingerprint density at radius 2 is 1.45 bits per heavy atom. The summed E-state index contributed by atoms with van der Waals surface area (Å²) in [4.78, 5) is 12.7. The second-order valence-corrected chi connectivity index (χ2v) is 9.97. The van der Waals surface area contributed by atoms with Crippen LogP contribution in [-0.2, 0) is 15.9 Å². The molecule has 3 aromatic carbocycles. The van der Waals surface area contributed by atoms with Gasteiger partial charge in [-0.1, -0.05) is 66.7 Å². The van der Waals surface area contributed by atoms with Crippen molar-refractivity contribution in [3.05, 3.63) is 108 Å². The zero-order chi connectivity index (χ0) is 29.5. The molecule has 1 aliphatic heterocycles. The Labute approximate surface area is 241 Å². The summed E-state index contributed by atoms with van der Waals surface area (Å²) in [5.41, 5.74) is -1.69. The molecule has 11 nitrogen and oxygen atoms in total. The third kappa shape index (κ3) is 3.71. The number of methoxy groups -OCH3 is 2. The van der Waals surface area contributed by atoms with Crippen LogP contribution in [0, 0.1) is 0 Å². The number of aliphatic hydroxyl groups excluding tert-OH is 3. The van der Waals surface area contributed by atoms with Crippen LogP contribution >= 0.6 is 0 Å². The molecule has 1 aliphatic rings. The smallest absolute Gasteiger partial charge is 0.242 e. The predicted octanol–water partition coefficient (Wildman–Crippen LogP) is 2.35. The van der Waals surface area contributed by atoms with Crippen LogP contribution in [0.5, 0.6) is 17.4 Å². The van der Waals surface area contributed by atoms with Gasteiger partial charge in [-0.3, -0.25) is 4.57 Å². The van der Waals surface area contributed by atoms with Crippen molar-refractivity contribution in [3.63, 3.8) is 0 Å². The van der Waals surface area contributed by atoms with E-state index in [-0.39, 0.29) is 17.0 Å². The van der Waals surface area contributed by atoms with Crippen LogP contribution in [0.4, 0.5) is 0 Å². The maximum absolute atomic E-state index is 12.3. The molecule has 0 unspecified atom stereocenters. The summed E-state index contributed by atoms with van der Waals surface area (Å²) >= 11 is 0. The minimum absolute atomic E-state index is 0.0524. The van der Waals surface area contributed by atoms with Gasteiger partial charge < -0.3 is 34.6 Å². The lowest BCUT2D eigenvalue weighted by atomic mass is 9.60. The number of aromatic nitrogens is 4. The SMILES string of the molecule is COc1ccccc1C(c1ccccc1)(c1ccccc1OC)[C@@]1(n2cnc3c(O)ncnc32)O[C@H](CO)[C@@H](O)[C@H]1O. The molecule has 0 amide bonds. The van der Waals surface area contributed by atoms with E-state index in [2.05, 4.69) is 15.0 Å². The van der Waals surface area contributed by atoms with E-state index in [1.807, 2.05) is 66.7 Å². The van der Waals surface area contributed by atoms with Crippen molar-refractivity contribution in [3.8, 4) is 17.4 Å². The van der Waals surface area contributed by atoms with Gasteiger partial charge in [-0.25, -0.2) is 9.97 Å². The van der Waals surface area contributed by atoms with Gasteiger partial charge >= 0.3 is 0 Å². The molecule has 0 aliphatic carbocycles. The van der Waals surface area contributed by atoms with Crippen LogP contribution in [0.25, 0.3) is 11.2 Å². The van der Waals surface area contributed by atoms with Crippen molar-refractivity contribution in [1.29, 1.82) is 0 Å². The quantitative estimate of drug-likeness (QED) is 0.205. The van der Waals surface area contributed by atoms with Crippen LogP contribution in [0.3, 0.4) is 0 Å². The molecule has 0 bridgehead atoms. The Bertz CT molecular complexity index is 1660. The average Bonchev–Trinajstić information content (AvgIpc) is 3.59. The molecular formula is C31H30N4O7. The molecule has 1 saturated heterocycles. The zero-order valence-electron chi connectivity index (χ0n) is 22.9. The standard InChI is InChI=1S/C31H30N4O7/c1-40-22-14-8-6-12-20(22)30(19-10-4-3-5-11-19,21-13-7-9-15-23(21)41-2)31(27(38)26(37)24(16-36)42-31)35-18-34-25-28(35)32-17-33-29(25)39/h3-15,17-18,24,26-27,36-38H,16H2,1-2H3,(H,32,33,39)/t24-,26-,27-,31+/m1/s1. The van der Waals surface area contributed by atoms with Crippen LogP contribution < -0.4 is 9.47 Å². The van der Waals surface area contributed by atoms with Crippen molar-refractivity contribution >= 4 is 11.2 Å². The number of ether oxygens (including phenoxy) is 3. The fourth-order valence-corrected chi connectivity index (χ4v) is 6.35. The van der Waals surface area contributed by atoms with Crippen molar-refractivity contribution < 1.29 is 34.6 Å². The third-order valence-corrected chi connectivity index (χ3v) is 8.05. The monoisotopic (exact) mass is 570 g/mol. The van der Waals surface area contributed by atoms with Gasteiger partial charge in [-0.15, -0.1) is 0 Å². The number of aliphatic hydroxyl groups is 3. The van der Waals surface area contributed by atoms with Gasteiger partial charge in [0.1, 0.15) is 41.6 Å². The Morgan fingerprint density at radius 1 is 0.857 bits per heavy atom. The van der Waals surface area contributed by atoms with Crippen LogP contribution in [0.1, 0.15) is 16.7 Å². The number of hydrogen-bond acceptors (Lipinski definition) is 10. The highest BCUT2D eigenvalue weighted by molar-refractivity contribution is 5.76. The highest BCUT2D eigenvalue weighted by Crippen LogP contribution is 2.60. The number of nitrogens with zero attached hydrogens (tertiary/aromatic N) is 4. The third-order valence-electron chi connectivity index (χ3n) is 8.05. The highest BCUT2D eigenvalue weighted by atomic mass is 16.6. The Kier molecular flexibility index (Phi) is 7.03. The van der Waals surface area contributed by atoms with E-state index in [0.717, 1.165) is 0 Å². The normalized spacial score (nSPS) is 22.4. The van der Waals surface area contributed by atoms with Gasteiger partial charge in [-0.05, 0) is 17.7 Å². The first-order valence-electron chi connectivity index (χ1n) is 13.3. The van der Waals surface area contributed by atoms with Crippen molar-refractivity contribution in [2.45, 2.75) is 29.5 Å². The molecule has 6 rings (SSSR count). The van der Waals surface area contributed by atoms with E-state index >= 15 is 0 Å². The number of rotatable bonds is 8. The van der Waals surface area contributed by atoms with Crippen molar-refractivity contribution in [2.75, 3.05) is 20.8 Å². The first-order valence-corrected chi connectivity index (χ1v) is 13.3. The molecular weight excluding hydrogens is 540 g/mol. The summed E-state index contributed by atoms with van der Waals surface area (Å²) < 4.78 is 20.1. The second-order valence-electron chi connectivity index (χ2n) is 9.97. The molecule has 0 saturated carbocycles. The van der Waals surface area contributed by atoms with Gasteiger partial charge in [0.15, 0.2) is 16.9 Å². The minimum Gasteiger partial charge on any atom is -0.496 e. The van der Waals surface area contributed by atoms with E-state index in [1.54, 1.807) is 26.4 Å². The first kappa shape index (κ1) is 27.6. The predicted molar refractivity (Wildman–Crippen MR) is 151 cm³/mol. The van der Waals surface area contributed by atoms with E-state index < -0.39 is 36.1 Å². The number of fused-ring (bicyclic) bond motifs is 1. The fourth-order valence-electron chi connectivity index (χ4n) is 6.35. The van der Waals surface area contributed by atoms with Crippen LogP contribution in [-0.4, -0.2) is 79.1 Å². The molecule has 216 valence electrons. The minimum atomic E-state index is -2.01. The average molecular weight is 571 g/mol. The number of benzene rings is 3. The van der Waals surface area contributed by atoms with E-state index in [4.69, 9.17) is 14.2 Å². The van der Waals surface area contributed by atoms with Crippen molar-refractivity contribution in [2.24, 2.45) is 0 Å². The summed E-state index contributed by atoms with van der Waals surface area (Å²) in [6.45, 7) is -0.602. The molecule has 3 heterocycles. The lowest BCUT2D eigenvalue weighted by Crippen LogP contribution is -2.61. The van der Waals surface area contributed by atoms with Crippen LogP contribution in [0.15, 0.2) is 91.5 Å². The van der Waals surface area contributed by atoms with Crippen molar-refractivity contribution in [1.82, 2.24) is 19.5 Å². The van der Waals surface area contributed by atoms with E-state index in [1.165, 1.54) is 17.2 Å². The molecule has 42 heavy (non-hydrogen) atoms. The fraction of sp³-hybridized carbons (Fsp3) is 0.258. The van der Waals surface area contributed by atoms with E-state index in [9.17, 15) is 20.4 Å². The summed E-state index contributed by atoms with van der Waals surface area (Å²) in [5, 5.41) is 44.8. The molecule has 4 N–H and O–H groups in total. The topological polar surface area (TPSA) is 152 Å². The van der Waals surface area contributed by atoms with Gasteiger partial charge in [0, 0.05) is 11.1 Å². The number of hydrogen-bond donors (Lipinski definition) is 4. The molecule has 5 aromatic rings. The number of aromatic hydroxyl groups is 1. The summed E-state index contributed by atoms with van der Waals surface area (Å²) in [6.07, 6.45) is -1.92. The second kappa shape index (κ2) is 10.7. The van der Waals surface area contributed by atoms with E-state index in [0.29, 0.717) is 28.2 Å². The summed E-state index contributed by atoms with van der Waals surface area (Å²) in [7, 11) is 3.08. The number of imidazole rings is 1.